The maximum Gasteiger partial charge on any atom is 0.243 e. The average molecular weight is 345 g/mol. The van der Waals surface area contributed by atoms with Gasteiger partial charge in [0.25, 0.3) is 0 Å². The quantitative estimate of drug-likeness (QED) is 0.786. The Hall–Kier alpha value is -2.01. The van der Waals surface area contributed by atoms with Gasteiger partial charge in [0.2, 0.25) is 11.8 Å². The molecule has 0 N–H and O–H groups in total. The fourth-order valence-electron chi connectivity index (χ4n) is 2.51. The van der Waals surface area contributed by atoms with Gasteiger partial charge < -0.3 is 0 Å². The Bertz CT molecular complexity index is 730. The molecule has 1 fully saturated rings. The van der Waals surface area contributed by atoms with E-state index in [0.29, 0.717) is 5.82 Å². The fourth-order valence-corrected chi connectivity index (χ4v) is 2.93. The highest BCUT2D eigenvalue weighted by atomic mass is 79.9. The van der Waals surface area contributed by atoms with Gasteiger partial charge in [-0.05, 0) is 36.8 Å². The first kappa shape index (κ1) is 13.9. The van der Waals surface area contributed by atoms with Crippen LogP contribution >= 0.6 is 15.9 Å². The lowest BCUT2D eigenvalue weighted by atomic mass is 9.98. The minimum absolute atomic E-state index is 0.185. The number of nitrogens with zero attached hydrogens (tertiary/aromatic N) is 2. The van der Waals surface area contributed by atoms with E-state index in [1.807, 2.05) is 37.3 Å². The van der Waals surface area contributed by atoms with Crippen molar-refractivity contribution in [2.75, 3.05) is 4.90 Å². The summed E-state index contributed by atoms with van der Waals surface area (Å²) in [6, 6.07) is 12.8. The molecular formula is C16H13BrN2O2. The maximum absolute atomic E-state index is 12.6. The molecule has 0 saturated carbocycles. The second kappa shape index (κ2) is 5.41. The van der Waals surface area contributed by atoms with Gasteiger partial charge in [0, 0.05) is 16.6 Å². The number of aromatic nitrogens is 1. The first-order valence-electron chi connectivity index (χ1n) is 6.62. The zero-order valence-corrected chi connectivity index (χ0v) is 13.0. The summed E-state index contributed by atoms with van der Waals surface area (Å²) in [4.78, 5) is 30.3. The first-order chi connectivity index (χ1) is 10.1. The highest BCUT2D eigenvalue weighted by Crippen LogP contribution is 2.33. The maximum atomic E-state index is 12.6. The first-order valence-corrected chi connectivity index (χ1v) is 7.41. The molecule has 0 aliphatic carbocycles. The molecule has 1 saturated heterocycles. The zero-order chi connectivity index (χ0) is 15.0. The minimum Gasteiger partial charge on any atom is -0.274 e. The second-order valence-corrected chi connectivity index (χ2v) is 5.93. The van der Waals surface area contributed by atoms with Crippen molar-refractivity contribution in [1.82, 2.24) is 4.98 Å². The predicted molar refractivity (Wildman–Crippen MR) is 83.0 cm³/mol. The van der Waals surface area contributed by atoms with Gasteiger partial charge in [-0.1, -0.05) is 34.1 Å². The van der Waals surface area contributed by atoms with Gasteiger partial charge in [-0.2, -0.15) is 0 Å². The molecule has 106 valence electrons. The zero-order valence-electron chi connectivity index (χ0n) is 11.4. The number of hydrogen-bond donors (Lipinski definition) is 0. The molecule has 2 heterocycles. The lowest BCUT2D eigenvalue weighted by Crippen LogP contribution is -2.30. The van der Waals surface area contributed by atoms with Crippen molar-refractivity contribution in [3.8, 4) is 0 Å². The van der Waals surface area contributed by atoms with Crippen molar-refractivity contribution in [3.05, 3.63) is 58.2 Å². The van der Waals surface area contributed by atoms with Crippen molar-refractivity contribution >= 4 is 33.6 Å². The number of carbonyl (C=O) groups is 2. The number of halogens is 1. The Labute approximate surface area is 130 Å². The summed E-state index contributed by atoms with van der Waals surface area (Å²) in [5.41, 5.74) is 1.62. The lowest BCUT2D eigenvalue weighted by molar-refractivity contribution is -0.121. The second-order valence-electron chi connectivity index (χ2n) is 5.02. The van der Waals surface area contributed by atoms with E-state index >= 15 is 0 Å². The van der Waals surface area contributed by atoms with E-state index in [1.165, 1.54) is 4.90 Å². The van der Waals surface area contributed by atoms with Crippen LogP contribution in [0.25, 0.3) is 0 Å². The van der Waals surface area contributed by atoms with Crippen LogP contribution in [0.2, 0.25) is 0 Å². The highest BCUT2D eigenvalue weighted by molar-refractivity contribution is 9.10. The van der Waals surface area contributed by atoms with Gasteiger partial charge in [-0.3, -0.25) is 9.59 Å². The Balaban J connectivity index is 1.96. The highest BCUT2D eigenvalue weighted by Gasteiger charge is 2.41. The molecule has 1 aliphatic heterocycles. The molecule has 1 aromatic heterocycles. The molecule has 3 rings (SSSR count). The minimum atomic E-state index is -0.433. The molecule has 5 heteroatoms. The van der Waals surface area contributed by atoms with E-state index in [-0.39, 0.29) is 18.2 Å². The number of imide groups is 1. The SMILES string of the molecule is Cc1cccc(N2C(=O)CC(c3cccc(Br)c3)C2=O)n1. The predicted octanol–water partition coefficient (Wildman–Crippen LogP) is 3.20. The lowest BCUT2D eigenvalue weighted by Gasteiger charge is -2.14. The topological polar surface area (TPSA) is 50.3 Å². The van der Waals surface area contributed by atoms with E-state index in [1.54, 1.807) is 12.1 Å². The molecule has 0 spiro atoms. The van der Waals surface area contributed by atoms with E-state index in [4.69, 9.17) is 0 Å². The smallest absolute Gasteiger partial charge is 0.243 e. The third kappa shape index (κ3) is 2.61. The van der Waals surface area contributed by atoms with Crippen LogP contribution in [-0.4, -0.2) is 16.8 Å². The Morgan fingerprint density at radius 3 is 2.67 bits per heavy atom. The third-order valence-corrected chi connectivity index (χ3v) is 3.99. The molecule has 0 bridgehead atoms. The standard InChI is InChI=1S/C16H13BrN2O2/c1-10-4-2-7-14(18-10)19-15(20)9-13(16(19)21)11-5-3-6-12(17)8-11/h2-8,13H,9H2,1H3. The summed E-state index contributed by atoms with van der Waals surface area (Å²) in [5, 5.41) is 0. The van der Waals surface area contributed by atoms with Crippen LogP contribution < -0.4 is 4.90 Å². The molecule has 4 nitrogen and oxygen atoms in total. The van der Waals surface area contributed by atoms with Crippen molar-refractivity contribution in [1.29, 1.82) is 0 Å². The largest absolute Gasteiger partial charge is 0.274 e. The molecule has 21 heavy (non-hydrogen) atoms. The van der Waals surface area contributed by atoms with Crippen molar-refractivity contribution < 1.29 is 9.59 Å². The van der Waals surface area contributed by atoms with Crippen molar-refractivity contribution in [3.63, 3.8) is 0 Å². The summed E-state index contributed by atoms with van der Waals surface area (Å²) in [6.07, 6.45) is 0.185. The van der Waals surface area contributed by atoms with Crippen LogP contribution in [0.5, 0.6) is 0 Å². The number of rotatable bonds is 2. The Kier molecular flexibility index (Phi) is 3.59. The number of hydrogen-bond acceptors (Lipinski definition) is 3. The van der Waals surface area contributed by atoms with Crippen molar-refractivity contribution in [2.45, 2.75) is 19.3 Å². The Morgan fingerprint density at radius 1 is 1.19 bits per heavy atom. The summed E-state index contributed by atoms with van der Waals surface area (Å²) >= 11 is 3.39. The summed E-state index contributed by atoms with van der Waals surface area (Å²) in [7, 11) is 0. The summed E-state index contributed by atoms with van der Waals surface area (Å²) < 4.78 is 0.896. The molecule has 1 unspecified atom stereocenters. The number of pyridine rings is 1. The van der Waals surface area contributed by atoms with Crippen LogP contribution in [0.3, 0.4) is 0 Å². The average Bonchev–Trinajstić information content (AvgIpc) is 2.74. The molecule has 1 aromatic carbocycles. The molecular weight excluding hydrogens is 332 g/mol. The summed E-state index contributed by atoms with van der Waals surface area (Å²) in [6.45, 7) is 1.83. The van der Waals surface area contributed by atoms with Crippen LogP contribution in [0.15, 0.2) is 46.9 Å². The molecule has 0 radical (unpaired) electrons. The monoisotopic (exact) mass is 344 g/mol. The van der Waals surface area contributed by atoms with Gasteiger partial charge in [0.1, 0.15) is 5.82 Å². The van der Waals surface area contributed by atoms with E-state index < -0.39 is 5.92 Å². The van der Waals surface area contributed by atoms with Crippen LogP contribution in [0.1, 0.15) is 23.6 Å². The van der Waals surface area contributed by atoms with E-state index in [9.17, 15) is 9.59 Å². The number of anilines is 1. The van der Waals surface area contributed by atoms with Crippen LogP contribution in [-0.2, 0) is 9.59 Å². The van der Waals surface area contributed by atoms with Crippen LogP contribution in [0, 0.1) is 6.92 Å². The van der Waals surface area contributed by atoms with Gasteiger partial charge in [-0.25, -0.2) is 9.88 Å². The normalized spacial score (nSPS) is 18.4. The number of aryl methyl sites for hydroxylation is 1. The summed E-state index contributed by atoms with van der Waals surface area (Å²) in [5.74, 6) is -0.445. The number of amides is 2. The third-order valence-electron chi connectivity index (χ3n) is 3.50. The Morgan fingerprint density at radius 2 is 1.95 bits per heavy atom. The van der Waals surface area contributed by atoms with Crippen molar-refractivity contribution in [2.24, 2.45) is 0 Å². The number of benzene rings is 1. The molecule has 1 atom stereocenters. The van der Waals surface area contributed by atoms with E-state index in [0.717, 1.165) is 15.7 Å². The van der Waals surface area contributed by atoms with Gasteiger partial charge in [0.05, 0.1) is 5.92 Å². The van der Waals surface area contributed by atoms with E-state index in [2.05, 4.69) is 20.9 Å². The molecule has 2 amide bonds. The number of carbonyl (C=O) groups excluding carboxylic acids is 2. The fraction of sp³-hybridized carbons (Fsp3) is 0.188. The van der Waals surface area contributed by atoms with Gasteiger partial charge in [-0.15, -0.1) is 0 Å². The van der Waals surface area contributed by atoms with Gasteiger partial charge in [0.15, 0.2) is 0 Å². The molecule has 2 aromatic rings. The molecule has 1 aliphatic rings. The van der Waals surface area contributed by atoms with Crippen LogP contribution in [0.4, 0.5) is 5.82 Å². The van der Waals surface area contributed by atoms with Gasteiger partial charge >= 0.3 is 0 Å².